The molecule has 1 atom stereocenters. The molecule has 0 heterocycles. The molecule has 1 aromatic rings. The second kappa shape index (κ2) is 8.08. The molecule has 0 aliphatic rings. The van der Waals surface area contributed by atoms with Gasteiger partial charge in [-0.05, 0) is 25.3 Å². The van der Waals surface area contributed by atoms with Crippen LogP contribution in [-0.4, -0.2) is 23.0 Å². The van der Waals surface area contributed by atoms with E-state index in [1.807, 2.05) is 37.3 Å². The molecule has 0 bridgehead atoms. The van der Waals surface area contributed by atoms with Crippen molar-refractivity contribution in [3.8, 4) is 0 Å². The minimum Gasteiger partial charge on any atom is -0.480 e. The first-order valence-electron chi connectivity index (χ1n) is 6.30. The van der Waals surface area contributed by atoms with Gasteiger partial charge in [-0.3, -0.25) is 4.79 Å². The third-order valence-electron chi connectivity index (χ3n) is 2.72. The molecule has 0 aliphatic heterocycles. The number of amides is 1. The zero-order chi connectivity index (χ0) is 14.1. The summed E-state index contributed by atoms with van der Waals surface area (Å²) in [5, 5.41) is 11.5. The Kier molecular flexibility index (Phi) is 6.36. The van der Waals surface area contributed by atoms with Crippen molar-refractivity contribution in [1.82, 2.24) is 5.32 Å². The molecule has 19 heavy (non-hydrogen) atoms. The van der Waals surface area contributed by atoms with Gasteiger partial charge >= 0.3 is 5.97 Å². The Hall–Kier alpha value is -2.10. The van der Waals surface area contributed by atoms with Crippen molar-refractivity contribution >= 4 is 11.9 Å². The Balaban J connectivity index is 2.42. The number of rotatable bonds is 7. The molecule has 0 saturated heterocycles. The molecule has 0 aromatic heterocycles. The predicted octanol–water partition coefficient (Wildman–Crippen LogP) is 2.15. The number of carbonyl (C=O) groups excluding carboxylic acids is 1. The van der Waals surface area contributed by atoms with Crippen LogP contribution in [0.4, 0.5) is 0 Å². The van der Waals surface area contributed by atoms with E-state index in [0.29, 0.717) is 19.3 Å². The van der Waals surface area contributed by atoms with Crippen molar-refractivity contribution in [2.45, 2.75) is 32.2 Å². The highest BCUT2D eigenvalue weighted by Crippen LogP contribution is 2.03. The van der Waals surface area contributed by atoms with Gasteiger partial charge in [0.1, 0.15) is 6.04 Å². The lowest BCUT2D eigenvalue weighted by atomic mass is 10.1. The minimum atomic E-state index is -1.01. The first-order valence-corrected chi connectivity index (χ1v) is 6.30. The minimum absolute atomic E-state index is 0.235. The van der Waals surface area contributed by atoms with Crippen molar-refractivity contribution in [3.05, 3.63) is 48.0 Å². The zero-order valence-electron chi connectivity index (χ0n) is 11.0. The molecule has 2 N–H and O–H groups in total. The van der Waals surface area contributed by atoms with Crippen molar-refractivity contribution in [3.63, 3.8) is 0 Å². The van der Waals surface area contributed by atoms with E-state index >= 15 is 0 Å². The Morgan fingerprint density at radius 3 is 2.58 bits per heavy atom. The number of aryl methyl sites for hydroxylation is 1. The smallest absolute Gasteiger partial charge is 0.326 e. The van der Waals surface area contributed by atoms with E-state index in [9.17, 15) is 9.59 Å². The maximum Gasteiger partial charge on any atom is 0.326 e. The lowest BCUT2D eigenvalue weighted by Gasteiger charge is -2.12. The molecular weight excluding hydrogens is 242 g/mol. The molecule has 0 radical (unpaired) electrons. The summed E-state index contributed by atoms with van der Waals surface area (Å²) in [5.41, 5.74) is 1.07. The summed E-state index contributed by atoms with van der Waals surface area (Å²) in [7, 11) is 0. The standard InChI is InChI=1S/C15H19NO3/c1-2-3-9-13(15(18)19)16-14(17)11-10-12-7-5-4-6-8-12/h2-8,13H,9-11H2,1H3,(H,16,17)(H,18,19)/b3-2+. The lowest BCUT2D eigenvalue weighted by molar-refractivity contribution is -0.141. The number of aliphatic carboxylic acids is 1. The van der Waals surface area contributed by atoms with E-state index in [2.05, 4.69) is 5.32 Å². The Morgan fingerprint density at radius 2 is 2.00 bits per heavy atom. The van der Waals surface area contributed by atoms with Crippen LogP contribution in [0.5, 0.6) is 0 Å². The van der Waals surface area contributed by atoms with Crippen LogP contribution >= 0.6 is 0 Å². The Morgan fingerprint density at radius 1 is 1.32 bits per heavy atom. The summed E-state index contributed by atoms with van der Waals surface area (Å²) < 4.78 is 0. The molecule has 1 aromatic carbocycles. The van der Waals surface area contributed by atoms with Gasteiger partial charge in [0, 0.05) is 6.42 Å². The van der Waals surface area contributed by atoms with Gasteiger partial charge < -0.3 is 10.4 Å². The van der Waals surface area contributed by atoms with Crippen molar-refractivity contribution in [2.75, 3.05) is 0 Å². The summed E-state index contributed by atoms with van der Waals surface area (Å²) in [4.78, 5) is 22.7. The molecular formula is C15H19NO3. The van der Waals surface area contributed by atoms with Gasteiger partial charge in [-0.15, -0.1) is 0 Å². The van der Waals surface area contributed by atoms with Gasteiger partial charge in [-0.1, -0.05) is 42.5 Å². The third-order valence-corrected chi connectivity index (χ3v) is 2.72. The highest BCUT2D eigenvalue weighted by atomic mass is 16.4. The highest BCUT2D eigenvalue weighted by Gasteiger charge is 2.17. The van der Waals surface area contributed by atoms with Crippen LogP contribution in [0.1, 0.15) is 25.3 Å². The van der Waals surface area contributed by atoms with Gasteiger partial charge in [0.2, 0.25) is 5.91 Å². The molecule has 102 valence electrons. The van der Waals surface area contributed by atoms with Gasteiger partial charge in [0.15, 0.2) is 0 Å². The first kappa shape index (κ1) is 15.0. The molecule has 0 fully saturated rings. The van der Waals surface area contributed by atoms with E-state index in [-0.39, 0.29) is 5.91 Å². The first-order chi connectivity index (χ1) is 9.13. The number of benzene rings is 1. The average Bonchev–Trinajstić information content (AvgIpc) is 2.42. The Labute approximate surface area is 113 Å². The van der Waals surface area contributed by atoms with Crippen LogP contribution < -0.4 is 5.32 Å². The second-order valence-electron chi connectivity index (χ2n) is 4.25. The fourth-order valence-corrected chi connectivity index (χ4v) is 1.66. The molecule has 0 saturated carbocycles. The maximum atomic E-state index is 11.7. The third kappa shape index (κ3) is 5.86. The number of hydrogen-bond acceptors (Lipinski definition) is 2. The zero-order valence-corrected chi connectivity index (χ0v) is 11.0. The van der Waals surface area contributed by atoms with Crippen LogP contribution in [0.25, 0.3) is 0 Å². The van der Waals surface area contributed by atoms with Crippen molar-refractivity contribution < 1.29 is 14.7 Å². The van der Waals surface area contributed by atoms with Crippen LogP contribution in [0.15, 0.2) is 42.5 Å². The van der Waals surface area contributed by atoms with Gasteiger partial charge in [-0.25, -0.2) is 4.79 Å². The number of hydrogen-bond donors (Lipinski definition) is 2. The van der Waals surface area contributed by atoms with Gasteiger partial charge in [-0.2, -0.15) is 0 Å². The van der Waals surface area contributed by atoms with Gasteiger partial charge in [0.25, 0.3) is 0 Å². The summed E-state index contributed by atoms with van der Waals surface area (Å²) in [6, 6.07) is 8.79. The molecule has 0 aliphatic carbocycles. The fourth-order valence-electron chi connectivity index (χ4n) is 1.66. The fraction of sp³-hybridized carbons (Fsp3) is 0.333. The van der Waals surface area contributed by atoms with Crippen LogP contribution in [0.2, 0.25) is 0 Å². The van der Waals surface area contributed by atoms with Gasteiger partial charge in [0.05, 0.1) is 0 Å². The van der Waals surface area contributed by atoms with Crippen LogP contribution in [-0.2, 0) is 16.0 Å². The molecule has 1 rings (SSSR count). The van der Waals surface area contributed by atoms with Crippen molar-refractivity contribution in [2.24, 2.45) is 0 Å². The van der Waals surface area contributed by atoms with Crippen molar-refractivity contribution in [1.29, 1.82) is 0 Å². The number of carboxylic acid groups (broad SMARTS) is 1. The number of nitrogens with one attached hydrogen (secondary N) is 1. The summed E-state index contributed by atoms with van der Waals surface area (Å²) in [6.07, 6.45) is 4.72. The summed E-state index contributed by atoms with van der Waals surface area (Å²) in [6.45, 7) is 1.82. The molecule has 1 unspecified atom stereocenters. The van der Waals surface area contributed by atoms with Crippen LogP contribution in [0, 0.1) is 0 Å². The molecule has 4 nitrogen and oxygen atoms in total. The second-order valence-corrected chi connectivity index (χ2v) is 4.25. The maximum absolute atomic E-state index is 11.7. The molecule has 4 heteroatoms. The largest absolute Gasteiger partial charge is 0.480 e. The Bertz CT molecular complexity index is 440. The quantitative estimate of drug-likeness (QED) is 0.739. The number of allylic oxidation sites excluding steroid dienone is 1. The normalized spacial score (nSPS) is 12.3. The number of carbonyl (C=O) groups is 2. The SMILES string of the molecule is C/C=C/CC(NC(=O)CCc1ccccc1)C(=O)O. The molecule has 1 amide bonds. The van der Waals surface area contributed by atoms with E-state index in [4.69, 9.17) is 5.11 Å². The summed E-state index contributed by atoms with van der Waals surface area (Å²) >= 11 is 0. The lowest BCUT2D eigenvalue weighted by Crippen LogP contribution is -2.40. The summed E-state index contributed by atoms with van der Waals surface area (Å²) in [5.74, 6) is -1.24. The number of carboxylic acids is 1. The van der Waals surface area contributed by atoms with E-state index in [1.165, 1.54) is 0 Å². The van der Waals surface area contributed by atoms with E-state index < -0.39 is 12.0 Å². The molecule has 0 spiro atoms. The van der Waals surface area contributed by atoms with Crippen LogP contribution in [0.3, 0.4) is 0 Å². The predicted molar refractivity (Wildman–Crippen MR) is 73.8 cm³/mol. The highest BCUT2D eigenvalue weighted by molar-refractivity contribution is 5.83. The van der Waals surface area contributed by atoms with E-state index in [0.717, 1.165) is 5.56 Å². The topological polar surface area (TPSA) is 66.4 Å². The monoisotopic (exact) mass is 261 g/mol. The average molecular weight is 261 g/mol. The van der Waals surface area contributed by atoms with E-state index in [1.54, 1.807) is 12.2 Å².